The average molecular weight is 242 g/mol. The van der Waals surface area contributed by atoms with Crippen molar-refractivity contribution in [2.24, 2.45) is 0 Å². The highest BCUT2D eigenvalue weighted by Gasteiger charge is 2.27. The number of nitrogens with two attached hydrogens (primary N) is 1. The number of rotatable bonds is 3. The minimum Gasteiger partial charge on any atom is -0.383 e. The number of aliphatic hydroxyl groups is 1. The maximum absolute atomic E-state index is 10.7. The molecule has 2 rings (SSSR count). The van der Waals surface area contributed by atoms with Crippen LogP contribution in [0, 0.1) is 0 Å². The zero-order valence-electron chi connectivity index (χ0n) is 10.7. The summed E-state index contributed by atoms with van der Waals surface area (Å²) in [5, 5.41) is 10.7. The van der Waals surface area contributed by atoms with Crippen LogP contribution in [0.15, 0.2) is 42.6 Å². The summed E-state index contributed by atoms with van der Waals surface area (Å²) in [6, 6.07) is 11.5. The number of nitrogens with zero attached hydrogens (tertiary/aromatic N) is 1. The van der Waals surface area contributed by atoms with Crippen LogP contribution in [0.2, 0.25) is 0 Å². The van der Waals surface area contributed by atoms with Gasteiger partial charge in [-0.15, -0.1) is 0 Å². The highest BCUT2D eigenvalue weighted by atomic mass is 16.3. The third-order valence-electron chi connectivity index (χ3n) is 3.29. The van der Waals surface area contributed by atoms with Crippen LogP contribution >= 0.6 is 0 Å². The third kappa shape index (κ3) is 2.22. The number of anilines is 1. The Morgan fingerprint density at radius 1 is 1.22 bits per heavy atom. The zero-order valence-corrected chi connectivity index (χ0v) is 10.7. The fraction of sp³-hybridized carbons (Fsp3) is 0.267. The first-order valence-corrected chi connectivity index (χ1v) is 6.08. The molecule has 0 radical (unpaired) electrons. The fourth-order valence-electron chi connectivity index (χ4n) is 2.05. The Kier molecular flexibility index (Phi) is 3.34. The molecule has 3 heteroatoms. The van der Waals surface area contributed by atoms with Crippen LogP contribution in [0.5, 0.6) is 0 Å². The predicted molar refractivity (Wildman–Crippen MR) is 73.1 cm³/mol. The van der Waals surface area contributed by atoms with Gasteiger partial charge in [0.25, 0.3) is 0 Å². The molecule has 1 atom stereocenters. The number of nitrogen functional groups attached to an aromatic ring is 1. The van der Waals surface area contributed by atoms with Crippen LogP contribution in [-0.4, -0.2) is 10.1 Å². The summed E-state index contributed by atoms with van der Waals surface area (Å²) >= 11 is 0. The molecular weight excluding hydrogens is 224 g/mol. The van der Waals surface area contributed by atoms with Gasteiger partial charge in [0.15, 0.2) is 0 Å². The number of hydrogen-bond acceptors (Lipinski definition) is 3. The first-order valence-electron chi connectivity index (χ1n) is 6.08. The Morgan fingerprint density at radius 3 is 2.44 bits per heavy atom. The van der Waals surface area contributed by atoms with Gasteiger partial charge in [-0.25, -0.2) is 4.98 Å². The molecule has 0 fully saturated rings. The number of pyridine rings is 1. The number of aryl methyl sites for hydroxylation is 1. The molecule has 3 nitrogen and oxygen atoms in total. The molecule has 0 aliphatic rings. The molecule has 0 saturated heterocycles. The van der Waals surface area contributed by atoms with Crippen LogP contribution < -0.4 is 5.73 Å². The second kappa shape index (κ2) is 4.78. The van der Waals surface area contributed by atoms with Gasteiger partial charge in [-0.2, -0.15) is 0 Å². The van der Waals surface area contributed by atoms with E-state index >= 15 is 0 Å². The summed E-state index contributed by atoms with van der Waals surface area (Å²) in [7, 11) is 0. The van der Waals surface area contributed by atoms with Crippen molar-refractivity contribution in [2.45, 2.75) is 25.9 Å². The van der Waals surface area contributed by atoms with Gasteiger partial charge >= 0.3 is 0 Å². The van der Waals surface area contributed by atoms with Gasteiger partial charge in [0, 0.05) is 11.8 Å². The number of hydrogen-bond donors (Lipinski definition) is 2. The molecule has 3 N–H and O–H groups in total. The van der Waals surface area contributed by atoms with Crippen LogP contribution in [0.1, 0.15) is 30.5 Å². The summed E-state index contributed by atoms with van der Waals surface area (Å²) in [5.41, 5.74) is 7.41. The molecule has 1 unspecified atom stereocenters. The molecule has 1 heterocycles. The zero-order chi connectivity index (χ0) is 13.2. The smallest absolute Gasteiger partial charge is 0.129 e. The van der Waals surface area contributed by atoms with Crippen molar-refractivity contribution in [3.63, 3.8) is 0 Å². The highest BCUT2D eigenvalue weighted by Crippen LogP contribution is 2.31. The topological polar surface area (TPSA) is 59.1 Å². The van der Waals surface area contributed by atoms with Crippen molar-refractivity contribution >= 4 is 5.82 Å². The summed E-state index contributed by atoms with van der Waals surface area (Å²) in [4.78, 5) is 4.02. The number of aromatic nitrogens is 1. The maximum Gasteiger partial charge on any atom is 0.129 e. The van der Waals surface area contributed by atoms with Crippen molar-refractivity contribution < 1.29 is 5.11 Å². The second-order valence-corrected chi connectivity index (χ2v) is 4.56. The SMILES string of the molecule is CCc1ccc(C(C)(O)c2cccnc2N)cc1. The first kappa shape index (κ1) is 12.6. The number of benzene rings is 1. The molecule has 1 aromatic heterocycles. The molecule has 0 saturated carbocycles. The van der Waals surface area contributed by atoms with Gasteiger partial charge < -0.3 is 10.8 Å². The van der Waals surface area contributed by atoms with Gasteiger partial charge in [-0.05, 0) is 30.5 Å². The van der Waals surface area contributed by atoms with E-state index in [2.05, 4.69) is 11.9 Å². The first-order chi connectivity index (χ1) is 8.55. The Hall–Kier alpha value is -1.87. The van der Waals surface area contributed by atoms with E-state index in [1.165, 1.54) is 5.56 Å². The van der Waals surface area contributed by atoms with Gasteiger partial charge in [-0.1, -0.05) is 37.3 Å². The highest BCUT2D eigenvalue weighted by molar-refractivity contribution is 5.48. The molecular formula is C15H18N2O. The van der Waals surface area contributed by atoms with Gasteiger partial charge in [-0.3, -0.25) is 0 Å². The lowest BCUT2D eigenvalue weighted by molar-refractivity contribution is 0.103. The molecule has 0 aliphatic carbocycles. The predicted octanol–water partition coefficient (Wildman–Crippen LogP) is 2.48. The molecule has 18 heavy (non-hydrogen) atoms. The van der Waals surface area contributed by atoms with Crippen molar-refractivity contribution in [3.05, 3.63) is 59.3 Å². The molecule has 0 spiro atoms. The lowest BCUT2D eigenvalue weighted by Crippen LogP contribution is -2.24. The Labute approximate surface area is 107 Å². The third-order valence-corrected chi connectivity index (χ3v) is 3.29. The maximum atomic E-state index is 10.7. The molecule has 0 amide bonds. The lowest BCUT2D eigenvalue weighted by atomic mass is 9.88. The van der Waals surface area contributed by atoms with Crippen molar-refractivity contribution in [3.8, 4) is 0 Å². The molecule has 0 aliphatic heterocycles. The largest absolute Gasteiger partial charge is 0.383 e. The monoisotopic (exact) mass is 242 g/mol. The van der Waals surface area contributed by atoms with Crippen LogP contribution in [0.3, 0.4) is 0 Å². The molecule has 94 valence electrons. The minimum absolute atomic E-state index is 0.363. The van der Waals surface area contributed by atoms with Gasteiger partial charge in [0.05, 0.1) is 0 Å². The van der Waals surface area contributed by atoms with E-state index in [0.717, 1.165) is 12.0 Å². The van der Waals surface area contributed by atoms with E-state index in [0.29, 0.717) is 11.4 Å². The average Bonchev–Trinajstić information content (AvgIpc) is 2.39. The summed E-state index contributed by atoms with van der Waals surface area (Å²) < 4.78 is 0. The van der Waals surface area contributed by atoms with E-state index in [-0.39, 0.29) is 0 Å². The molecule has 1 aromatic carbocycles. The van der Waals surface area contributed by atoms with Crippen molar-refractivity contribution in [1.29, 1.82) is 0 Å². The van der Waals surface area contributed by atoms with Crippen LogP contribution in [-0.2, 0) is 12.0 Å². The standard InChI is InChI=1S/C15H18N2O/c1-3-11-6-8-12(9-7-11)15(2,18)13-5-4-10-17-14(13)16/h4-10,18H,3H2,1-2H3,(H2,16,17). The van der Waals surface area contributed by atoms with Gasteiger partial charge in [0.2, 0.25) is 0 Å². The molecule has 0 bridgehead atoms. The van der Waals surface area contributed by atoms with Crippen LogP contribution in [0.4, 0.5) is 5.82 Å². The van der Waals surface area contributed by atoms with Crippen LogP contribution in [0.25, 0.3) is 0 Å². The summed E-state index contributed by atoms with van der Waals surface area (Å²) in [6.07, 6.45) is 2.60. The van der Waals surface area contributed by atoms with E-state index in [9.17, 15) is 5.11 Å². The Morgan fingerprint density at radius 2 is 1.89 bits per heavy atom. The van der Waals surface area contributed by atoms with Crippen molar-refractivity contribution in [1.82, 2.24) is 4.98 Å². The van der Waals surface area contributed by atoms with Gasteiger partial charge in [0.1, 0.15) is 11.4 Å². The van der Waals surface area contributed by atoms with E-state index in [4.69, 9.17) is 5.73 Å². The minimum atomic E-state index is -1.12. The molecule has 2 aromatic rings. The fourth-order valence-corrected chi connectivity index (χ4v) is 2.05. The van der Waals surface area contributed by atoms with E-state index in [1.807, 2.05) is 24.3 Å². The Balaban J connectivity index is 2.44. The summed E-state index contributed by atoms with van der Waals surface area (Å²) in [6.45, 7) is 3.84. The van der Waals surface area contributed by atoms with E-state index in [1.54, 1.807) is 25.3 Å². The summed E-state index contributed by atoms with van der Waals surface area (Å²) in [5.74, 6) is 0.363. The Bertz CT molecular complexity index is 532. The second-order valence-electron chi connectivity index (χ2n) is 4.56. The quantitative estimate of drug-likeness (QED) is 0.869. The lowest BCUT2D eigenvalue weighted by Gasteiger charge is -2.25. The normalized spacial score (nSPS) is 14.2. The van der Waals surface area contributed by atoms with E-state index < -0.39 is 5.60 Å². The van der Waals surface area contributed by atoms with Crippen molar-refractivity contribution in [2.75, 3.05) is 5.73 Å².